The third-order valence-corrected chi connectivity index (χ3v) is 4.44. The van der Waals surface area contributed by atoms with Crippen LogP contribution in [-0.4, -0.2) is 17.4 Å². The lowest BCUT2D eigenvalue weighted by atomic mass is 10.1. The first kappa shape index (κ1) is 18.9. The van der Waals surface area contributed by atoms with Gasteiger partial charge in [0.15, 0.2) is 0 Å². The van der Waals surface area contributed by atoms with Crippen LogP contribution in [0.4, 0.5) is 5.82 Å². The number of pyridine rings is 1. The first-order valence-corrected chi connectivity index (χ1v) is 9.26. The van der Waals surface area contributed by atoms with Crippen LogP contribution in [0.3, 0.4) is 0 Å². The van der Waals surface area contributed by atoms with Gasteiger partial charge in [-0.2, -0.15) is 0 Å². The number of aromatic nitrogens is 1. The van der Waals surface area contributed by atoms with E-state index in [4.69, 9.17) is 11.6 Å². The number of nitrogens with one attached hydrogen (secondary N) is 2. The smallest absolute Gasteiger partial charge is 0.251 e. The molecular weight excluding hydrogens is 358 g/mol. The molecule has 3 rings (SSSR count). The monoisotopic (exact) mass is 379 g/mol. The summed E-state index contributed by atoms with van der Waals surface area (Å²) in [5, 5.41) is 6.90. The maximum absolute atomic E-state index is 12.4. The predicted molar refractivity (Wildman–Crippen MR) is 110 cm³/mol. The van der Waals surface area contributed by atoms with Crippen LogP contribution in [0.25, 0.3) is 0 Å². The molecule has 0 bridgehead atoms. The zero-order valence-corrected chi connectivity index (χ0v) is 16.0. The summed E-state index contributed by atoms with van der Waals surface area (Å²) >= 11 is 5.98. The molecule has 27 heavy (non-hydrogen) atoms. The molecule has 0 radical (unpaired) electrons. The van der Waals surface area contributed by atoms with E-state index in [0.717, 1.165) is 12.0 Å². The van der Waals surface area contributed by atoms with E-state index in [1.54, 1.807) is 18.3 Å². The fraction of sp³-hybridized carbons (Fsp3) is 0.182. The second kappa shape index (κ2) is 9.19. The van der Waals surface area contributed by atoms with E-state index < -0.39 is 0 Å². The average Bonchev–Trinajstić information content (AvgIpc) is 2.68. The Labute approximate surface area is 164 Å². The van der Waals surface area contributed by atoms with Gasteiger partial charge in [0.05, 0.1) is 0 Å². The summed E-state index contributed by atoms with van der Waals surface area (Å²) in [5.41, 5.74) is 4.08. The molecule has 1 aromatic heterocycles. The molecule has 0 fully saturated rings. The number of halogens is 1. The van der Waals surface area contributed by atoms with Crippen molar-refractivity contribution in [2.45, 2.75) is 19.9 Å². The van der Waals surface area contributed by atoms with E-state index in [1.165, 1.54) is 11.1 Å². The van der Waals surface area contributed by atoms with Gasteiger partial charge in [0.1, 0.15) is 5.82 Å². The zero-order valence-electron chi connectivity index (χ0n) is 15.2. The fourth-order valence-corrected chi connectivity index (χ4v) is 2.89. The summed E-state index contributed by atoms with van der Waals surface area (Å²) in [7, 11) is 0. The van der Waals surface area contributed by atoms with E-state index in [-0.39, 0.29) is 5.91 Å². The highest BCUT2D eigenvalue weighted by atomic mass is 35.5. The quantitative estimate of drug-likeness (QED) is 0.629. The second-order valence-corrected chi connectivity index (χ2v) is 6.84. The summed E-state index contributed by atoms with van der Waals surface area (Å²) in [6.07, 6.45) is 2.37. The molecule has 0 atom stereocenters. The van der Waals surface area contributed by atoms with E-state index in [0.29, 0.717) is 29.5 Å². The molecule has 0 saturated heterocycles. The Bertz CT molecular complexity index is 909. The normalized spacial score (nSPS) is 10.4. The summed E-state index contributed by atoms with van der Waals surface area (Å²) in [6, 6.07) is 19.4. The Morgan fingerprint density at radius 3 is 2.63 bits per heavy atom. The van der Waals surface area contributed by atoms with Crippen LogP contribution < -0.4 is 10.6 Å². The largest absolute Gasteiger partial charge is 0.366 e. The van der Waals surface area contributed by atoms with Crippen molar-refractivity contribution in [3.05, 3.63) is 94.1 Å². The average molecular weight is 380 g/mol. The highest BCUT2D eigenvalue weighted by Gasteiger charge is 2.07. The Morgan fingerprint density at radius 1 is 1.04 bits per heavy atom. The minimum atomic E-state index is -0.113. The molecule has 4 nitrogen and oxygen atoms in total. The van der Waals surface area contributed by atoms with Gasteiger partial charge in [-0.05, 0) is 48.7 Å². The number of carbonyl (C=O) groups excluding carboxylic acids is 1. The lowest BCUT2D eigenvalue weighted by molar-refractivity contribution is 0.0954. The standard InChI is InChI=1S/C22H22ClN3O/c1-16-5-7-18(8-6-16)15-26-21-14-19(10-12-24-21)22(27)25-11-9-17-3-2-4-20(23)13-17/h2-8,10,12-14H,9,11,15H2,1H3,(H,24,26)(H,25,27). The van der Waals surface area contributed by atoms with E-state index in [1.807, 2.05) is 24.3 Å². The molecule has 2 N–H and O–H groups in total. The van der Waals surface area contributed by atoms with Gasteiger partial charge >= 0.3 is 0 Å². The SMILES string of the molecule is Cc1ccc(CNc2cc(C(=O)NCCc3cccc(Cl)c3)ccn2)cc1. The third-order valence-electron chi connectivity index (χ3n) is 4.20. The third kappa shape index (κ3) is 5.83. The highest BCUT2D eigenvalue weighted by Crippen LogP contribution is 2.12. The van der Waals surface area contributed by atoms with Crippen molar-refractivity contribution in [2.75, 3.05) is 11.9 Å². The summed E-state index contributed by atoms with van der Waals surface area (Å²) in [6.45, 7) is 3.27. The van der Waals surface area contributed by atoms with Crippen LogP contribution in [0.15, 0.2) is 66.9 Å². The molecule has 2 aromatic carbocycles. The molecule has 0 unspecified atom stereocenters. The molecule has 0 saturated carbocycles. The van der Waals surface area contributed by atoms with E-state index in [2.05, 4.69) is 46.8 Å². The second-order valence-electron chi connectivity index (χ2n) is 6.40. The van der Waals surface area contributed by atoms with Gasteiger partial charge in [0.25, 0.3) is 5.91 Å². The summed E-state index contributed by atoms with van der Waals surface area (Å²) in [5.74, 6) is 0.566. The van der Waals surface area contributed by atoms with Crippen LogP contribution in [-0.2, 0) is 13.0 Å². The lowest BCUT2D eigenvalue weighted by Crippen LogP contribution is -2.25. The molecule has 0 aliphatic rings. The molecule has 1 heterocycles. The molecular formula is C22H22ClN3O. The molecule has 138 valence electrons. The molecule has 0 spiro atoms. The van der Waals surface area contributed by atoms with Gasteiger partial charge in [0, 0.05) is 29.9 Å². The number of hydrogen-bond acceptors (Lipinski definition) is 3. The lowest BCUT2D eigenvalue weighted by Gasteiger charge is -2.09. The van der Waals surface area contributed by atoms with E-state index in [9.17, 15) is 4.79 Å². The Hall–Kier alpha value is -2.85. The van der Waals surface area contributed by atoms with Crippen molar-refractivity contribution >= 4 is 23.3 Å². The minimum absolute atomic E-state index is 0.113. The fourth-order valence-electron chi connectivity index (χ4n) is 2.68. The number of nitrogens with zero attached hydrogens (tertiary/aromatic N) is 1. The highest BCUT2D eigenvalue weighted by molar-refractivity contribution is 6.30. The van der Waals surface area contributed by atoms with Crippen LogP contribution in [0.2, 0.25) is 5.02 Å². The van der Waals surface area contributed by atoms with Gasteiger partial charge < -0.3 is 10.6 Å². The Morgan fingerprint density at radius 2 is 1.85 bits per heavy atom. The van der Waals surface area contributed by atoms with Crippen molar-refractivity contribution in [3.8, 4) is 0 Å². The van der Waals surface area contributed by atoms with Crippen molar-refractivity contribution < 1.29 is 4.79 Å². The molecule has 5 heteroatoms. The van der Waals surface area contributed by atoms with Gasteiger partial charge in [0.2, 0.25) is 0 Å². The topological polar surface area (TPSA) is 54.0 Å². The molecule has 0 aliphatic heterocycles. The van der Waals surface area contributed by atoms with Gasteiger partial charge in [-0.1, -0.05) is 53.6 Å². The number of rotatable bonds is 7. The van der Waals surface area contributed by atoms with Crippen molar-refractivity contribution in [1.29, 1.82) is 0 Å². The predicted octanol–water partition coefficient (Wildman–Crippen LogP) is 4.63. The minimum Gasteiger partial charge on any atom is -0.366 e. The van der Waals surface area contributed by atoms with Crippen molar-refractivity contribution in [3.63, 3.8) is 0 Å². The number of benzene rings is 2. The van der Waals surface area contributed by atoms with Crippen LogP contribution >= 0.6 is 11.6 Å². The Balaban J connectivity index is 1.52. The summed E-state index contributed by atoms with van der Waals surface area (Å²) < 4.78 is 0. The van der Waals surface area contributed by atoms with Crippen molar-refractivity contribution in [1.82, 2.24) is 10.3 Å². The summed E-state index contributed by atoms with van der Waals surface area (Å²) in [4.78, 5) is 16.7. The van der Waals surface area contributed by atoms with Crippen LogP contribution in [0.5, 0.6) is 0 Å². The number of amides is 1. The number of aryl methyl sites for hydroxylation is 1. The Kier molecular flexibility index (Phi) is 6.44. The van der Waals surface area contributed by atoms with Gasteiger partial charge in [-0.25, -0.2) is 4.98 Å². The maximum Gasteiger partial charge on any atom is 0.251 e. The molecule has 1 amide bonds. The van der Waals surface area contributed by atoms with Crippen LogP contribution in [0, 0.1) is 6.92 Å². The zero-order chi connectivity index (χ0) is 19.1. The number of carbonyl (C=O) groups is 1. The van der Waals surface area contributed by atoms with Crippen molar-refractivity contribution in [2.24, 2.45) is 0 Å². The first-order chi connectivity index (χ1) is 13.1. The first-order valence-electron chi connectivity index (χ1n) is 8.88. The van der Waals surface area contributed by atoms with Crippen LogP contribution in [0.1, 0.15) is 27.0 Å². The number of hydrogen-bond donors (Lipinski definition) is 2. The van der Waals surface area contributed by atoms with Gasteiger partial charge in [-0.3, -0.25) is 4.79 Å². The molecule has 0 aliphatic carbocycles. The maximum atomic E-state index is 12.4. The van der Waals surface area contributed by atoms with E-state index >= 15 is 0 Å². The van der Waals surface area contributed by atoms with Gasteiger partial charge in [-0.15, -0.1) is 0 Å². The number of anilines is 1. The molecule has 3 aromatic rings.